The van der Waals surface area contributed by atoms with E-state index in [1.807, 2.05) is 0 Å². The van der Waals surface area contributed by atoms with E-state index < -0.39 is 13.6 Å². The van der Waals surface area contributed by atoms with Gasteiger partial charge in [-0.15, -0.1) is 0 Å². The third kappa shape index (κ3) is 6.28. The van der Waals surface area contributed by atoms with E-state index in [0.717, 1.165) is 4.90 Å². The van der Waals surface area contributed by atoms with Gasteiger partial charge in [0.25, 0.3) is 0 Å². The molecule has 1 rings (SSSR count). The lowest BCUT2D eigenvalue weighted by Crippen LogP contribution is -2.31. The molecule has 0 aliphatic carbocycles. The minimum atomic E-state index is -3.60. The molecule has 122 valence electrons. The summed E-state index contributed by atoms with van der Waals surface area (Å²) in [7, 11) is -3.60. The van der Waals surface area contributed by atoms with Crippen LogP contribution in [0.3, 0.4) is 0 Å². The molecule has 1 unspecified atom stereocenters. The number of nitrogens with zero attached hydrogens (tertiary/aromatic N) is 1. The molecule has 1 aromatic carbocycles. The van der Waals surface area contributed by atoms with Crippen LogP contribution in [0.25, 0.3) is 0 Å². The zero-order valence-electron chi connectivity index (χ0n) is 12.6. The van der Waals surface area contributed by atoms with Crippen molar-refractivity contribution in [2.45, 2.75) is 13.8 Å². The van der Waals surface area contributed by atoms with Gasteiger partial charge in [0, 0.05) is 0 Å². The number of esters is 1. The van der Waals surface area contributed by atoms with E-state index in [2.05, 4.69) is 0 Å². The summed E-state index contributed by atoms with van der Waals surface area (Å²) in [5.74, 6) is -0.223. The molecule has 0 bridgehead atoms. The van der Waals surface area contributed by atoms with E-state index in [-0.39, 0.29) is 26.0 Å². The lowest BCUT2D eigenvalue weighted by molar-refractivity contribution is -0.146. The van der Waals surface area contributed by atoms with Crippen molar-refractivity contribution >= 4 is 20.0 Å². The summed E-state index contributed by atoms with van der Waals surface area (Å²) in [5, 5.41) is 0. The fourth-order valence-electron chi connectivity index (χ4n) is 1.65. The Kier molecular flexibility index (Phi) is 7.63. The topological polar surface area (TPSA) is 82.1 Å². The van der Waals surface area contributed by atoms with Gasteiger partial charge in [0.05, 0.1) is 13.2 Å². The van der Waals surface area contributed by atoms with Crippen LogP contribution in [0.2, 0.25) is 0 Å². The van der Waals surface area contributed by atoms with Crippen LogP contribution in [0.15, 0.2) is 30.3 Å². The van der Waals surface area contributed by atoms with Crippen molar-refractivity contribution in [3.05, 3.63) is 30.3 Å². The molecule has 0 saturated heterocycles. The Morgan fingerprint density at radius 2 is 1.91 bits per heavy atom. The zero-order valence-corrected chi connectivity index (χ0v) is 13.5. The molecule has 0 spiro atoms. The summed E-state index contributed by atoms with van der Waals surface area (Å²) in [6.45, 7) is 3.36. The predicted octanol–water partition coefficient (Wildman–Crippen LogP) is 2.27. The molecule has 22 heavy (non-hydrogen) atoms. The lowest BCUT2D eigenvalue weighted by Gasteiger charge is -2.23. The molecule has 1 amide bonds. The van der Waals surface area contributed by atoms with E-state index in [4.69, 9.17) is 13.8 Å². The summed E-state index contributed by atoms with van der Waals surface area (Å²) < 4.78 is 28.0. The van der Waals surface area contributed by atoms with Gasteiger partial charge in [-0.25, -0.2) is 4.57 Å². The molecule has 1 aromatic rings. The Labute approximate surface area is 129 Å². The van der Waals surface area contributed by atoms with Gasteiger partial charge in [-0.1, -0.05) is 18.2 Å². The number of benzene rings is 1. The van der Waals surface area contributed by atoms with Gasteiger partial charge in [0.2, 0.25) is 6.41 Å². The quantitative estimate of drug-likeness (QED) is 0.372. The second-order valence-electron chi connectivity index (χ2n) is 4.23. The largest absolute Gasteiger partial charge is 0.465 e. The lowest BCUT2D eigenvalue weighted by atomic mass is 10.3. The number of amides is 1. The first-order valence-electron chi connectivity index (χ1n) is 6.86. The number of hydrogen-bond donors (Lipinski definition) is 0. The minimum absolute atomic E-state index is 0.149. The van der Waals surface area contributed by atoms with Crippen molar-refractivity contribution in [1.29, 1.82) is 0 Å². The predicted molar refractivity (Wildman–Crippen MR) is 80.6 cm³/mol. The van der Waals surface area contributed by atoms with Crippen molar-refractivity contribution in [3.63, 3.8) is 0 Å². The molecule has 0 radical (unpaired) electrons. The zero-order chi connectivity index (χ0) is 16.4. The van der Waals surface area contributed by atoms with Crippen LogP contribution in [0.1, 0.15) is 13.8 Å². The summed E-state index contributed by atoms with van der Waals surface area (Å²) in [6.07, 6.45) is 0.0784. The van der Waals surface area contributed by atoms with Crippen LogP contribution in [-0.4, -0.2) is 43.3 Å². The minimum Gasteiger partial charge on any atom is -0.465 e. The summed E-state index contributed by atoms with van der Waals surface area (Å²) >= 11 is 0. The first kappa shape index (κ1) is 18.2. The van der Waals surface area contributed by atoms with Gasteiger partial charge in [-0.2, -0.15) is 0 Å². The molecule has 0 aliphatic heterocycles. The standard InChI is InChI=1S/C14H20NO6P/c1-3-19-14(17)10-15(11-16)12-22(18,20-4-2)21-13-8-6-5-7-9-13/h5-9,11H,3-4,10,12H2,1-2H3. The number of para-hydroxylation sites is 1. The molecule has 0 aromatic heterocycles. The second-order valence-corrected chi connectivity index (χ2v) is 6.18. The Morgan fingerprint density at radius 3 is 2.45 bits per heavy atom. The number of carbonyl (C=O) groups is 2. The average molecular weight is 329 g/mol. The average Bonchev–Trinajstić information content (AvgIpc) is 2.47. The Hall–Kier alpha value is -1.85. The molecule has 0 fully saturated rings. The number of rotatable bonds is 10. The van der Waals surface area contributed by atoms with Crippen molar-refractivity contribution in [2.75, 3.05) is 26.0 Å². The van der Waals surface area contributed by atoms with Crippen LogP contribution in [0.5, 0.6) is 5.75 Å². The van der Waals surface area contributed by atoms with E-state index >= 15 is 0 Å². The van der Waals surface area contributed by atoms with Crippen LogP contribution < -0.4 is 4.52 Å². The van der Waals surface area contributed by atoms with Gasteiger partial charge in [-0.3, -0.25) is 14.1 Å². The summed E-state index contributed by atoms with van der Waals surface area (Å²) in [6, 6.07) is 8.49. The van der Waals surface area contributed by atoms with Gasteiger partial charge >= 0.3 is 13.6 Å². The van der Waals surface area contributed by atoms with Crippen molar-refractivity contribution in [1.82, 2.24) is 4.90 Å². The molecular weight excluding hydrogens is 309 g/mol. The maximum atomic E-state index is 12.7. The number of carbonyl (C=O) groups excluding carboxylic acids is 2. The van der Waals surface area contributed by atoms with Crippen molar-refractivity contribution in [3.8, 4) is 5.75 Å². The van der Waals surface area contributed by atoms with Crippen LogP contribution in [0.4, 0.5) is 0 Å². The molecular formula is C14H20NO6P. The highest BCUT2D eigenvalue weighted by Gasteiger charge is 2.30. The fraction of sp³-hybridized carbons (Fsp3) is 0.429. The number of hydrogen-bond acceptors (Lipinski definition) is 6. The van der Waals surface area contributed by atoms with E-state index in [1.165, 1.54) is 0 Å². The SMILES string of the molecule is CCOC(=O)CN(C=O)CP(=O)(OCC)Oc1ccccc1. The first-order chi connectivity index (χ1) is 10.5. The van der Waals surface area contributed by atoms with Crippen molar-refractivity contribution in [2.24, 2.45) is 0 Å². The molecule has 7 nitrogen and oxygen atoms in total. The molecule has 0 N–H and O–H groups in total. The van der Waals surface area contributed by atoms with Gasteiger partial charge in [0.1, 0.15) is 18.6 Å². The Bertz CT molecular complexity index is 521. The molecule has 0 heterocycles. The van der Waals surface area contributed by atoms with Crippen LogP contribution >= 0.6 is 7.60 Å². The van der Waals surface area contributed by atoms with Crippen LogP contribution in [-0.2, 0) is 23.4 Å². The maximum Gasteiger partial charge on any atom is 0.398 e. The molecule has 8 heteroatoms. The fourth-order valence-corrected chi connectivity index (χ4v) is 3.29. The van der Waals surface area contributed by atoms with E-state index in [1.54, 1.807) is 44.2 Å². The Morgan fingerprint density at radius 1 is 1.23 bits per heavy atom. The van der Waals surface area contributed by atoms with Gasteiger partial charge in [-0.05, 0) is 26.0 Å². The number of ether oxygens (including phenoxy) is 1. The molecule has 1 atom stereocenters. The highest BCUT2D eigenvalue weighted by Crippen LogP contribution is 2.48. The van der Waals surface area contributed by atoms with Crippen LogP contribution in [0, 0.1) is 0 Å². The maximum absolute atomic E-state index is 12.7. The monoisotopic (exact) mass is 329 g/mol. The van der Waals surface area contributed by atoms with E-state index in [0.29, 0.717) is 12.2 Å². The Balaban J connectivity index is 2.77. The van der Waals surface area contributed by atoms with Gasteiger partial charge < -0.3 is 14.2 Å². The smallest absolute Gasteiger partial charge is 0.398 e. The van der Waals surface area contributed by atoms with E-state index in [9.17, 15) is 14.2 Å². The normalized spacial score (nSPS) is 13.0. The molecule has 0 saturated carbocycles. The summed E-state index contributed by atoms with van der Waals surface area (Å²) in [4.78, 5) is 23.5. The molecule has 0 aliphatic rings. The third-order valence-electron chi connectivity index (χ3n) is 2.45. The third-order valence-corrected chi connectivity index (χ3v) is 4.31. The second kappa shape index (κ2) is 9.23. The first-order valence-corrected chi connectivity index (χ1v) is 8.59. The van der Waals surface area contributed by atoms with Crippen molar-refractivity contribution < 1.29 is 27.9 Å². The highest BCUT2D eigenvalue weighted by atomic mass is 31.2. The summed E-state index contributed by atoms with van der Waals surface area (Å²) in [5.41, 5.74) is 0. The highest BCUT2D eigenvalue weighted by molar-refractivity contribution is 7.54. The van der Waals surface area contributed by atoms with Gasteiger partial charge in [0.15, 0.2) is 0 Å².